The Labute approximate surface area is 252 Å². The summed E-state index contributed by atoms with van der Waals surface area (Å²) < 4.78 is 8.96. The van der Waals surface area contributed by atoms with Crippen LogP contribution in [0.2, 0.25) is 0 Å². The van der Waals surface area contributed by atoms with Crippen molar-refractivity contribution in [3.8, 4) is 11.1 Å². The van der Waals surface area contributed by atoms with Gasteiger partial charge in [-0.2, -0.15) is 0 Å². The monoisotopic (exact) mass is 567 g/mol. The van der Waals surface area contributed by atoms with Gasteiger partial charge in [0.1, 0.15) is 11.2 Å². The van der Waals surface area contributed by atoms with E-state index in [1.807, 2.05) is 23.5 Å². The Bertz CT molecular complexity index is 2450. The Morgan fingerprint density at radius 1 is 0.419 bits per heavy atom. The highest BCUT2D eigenvalue weighted by atomic mass is 32.1. The number of benzene rings is 7. The van der Waals surface area contributed by atoms with Crippen LogP contribution in [0, 0.1) is 0 Å². The van der Waals surface area contributed by atoms with E-state index in [4.69, 9.17) is 4.42 Å². The highest BCUT2D eigenvalue weighted by Gasteiger charge is 2.19. The summed E-state index contributed by atoms with van der Waals surface area (Å²) in [7, 11) is 0. The number of para-hydroxylation sites is 1. The van der Waals surface area contributed by atoms with E-state index in [9.17, 15) is 0 Å². The van der Waals surface area contributed by atoms with Gasteiger partial charge >= 0.3 is 0 Å². The second kappa shape index (κ2) is 9.59. The smallest absolute Gasteiger partial charge is 0.136 e. The van der Waals surface area contributed by atoms with E-state index < -0.39 is 0 Å². The van der Waals surface area contributed by atoms with Gasteiger partial charge in [-0.25, -0.2) is 0 Å². The molecule has 202 valence electrons. The maximum absolute atomic E-state index is 6.35. The standard InChI is InChI=1S/C40H25NOS/c1-2-9-26(10-3-1)27-17-19-29(20-18-27)41(30-21-22-40-35(24-30)32-13-5-7-16-39(32)43-40)36-14-8-11-28-23-34-31-12-4-6-15-37(31)42-38(34)25-33(28)36/h1-25H. The second-order valence-electron chi connectivity index (χ2n) is 11.0. The molecule has 0 aliphatic rings. The van der Waals surface area contributed by atoms with Crippen LogP contribution in [0.3, 0.4) is 0 Å². The van der Waals surface area contributed by atoms with Gasteiger partial charge in [0, 0.05) is 47.7 Å². The molecule has 9 rings (SSSR count). The number of fused-ring (bicyclic) bond motifs is 7. The zero-order chi connectivity index (χ0) is 28.3. The molecule has 0 fully saturated rings. The maximum atomic E-state index is 6.35. The number of thiophene rings is 1. The lowest BCUT2D eigenvalue weighted by molar-refractivity contribution is 0.669. The molecule has 0 saturated heterocycles. The van der Waals surface area contributed by atoms with E-state index in [2.05, 4.69) is 144 Å². The Hall–Kier alpha value is -5.38. The molecular formula is C40H25NOS. The predicted octanol–water partition coefficient (Wildman–Crippen LogP) is 12.2. The first kappa shape index (κ1) is 24.2. The third kappa shape index (κ3) is 3.93. The molecule has 2 heterocycles. The van der Waals surface area contributed by atoms with Gasteiger partial charge in [-0.15, -0.1) is 11.3 Å². The number of hydrogen-bond acceptors (Lipinski definition) is 3. The summed E-state index contributed by atoms with van der Waals surface area (Å²) >= 11 is 1.85. The highest BCUT2D eigenvalue weighted by molar-refractivity contribution is 7.25. The number of furan rings is 1. The lowest BCUT2D eigenvalue weighted by Crippen LogP contribution is -2.10. The van der Waals surface area contributed by atoms with Crippen LogP contribution in [0.15, 0.2) is 156 Å². The van der Waals surface area contributed by atoms with Crippen molar-refractivity contribution in [3.05, 3.63) is 152 Å². The molecule has 0 aliphatic heterocycles. The molecule has 0 aliphatic carbocycles. The van der Waals surface area contributed by atoms with E-state index in [1.54, 1.807) is 0 Å². The first-order valence-corrected chi connectivity index (χ1v) is 15.3. The average Bonchev–Trinajstić information content (AvgIpc) is 3.62. The second-order valence-corrected chi connectivity index (χ2v) is 12.1. The molecule has 0 atom stereocenters. The molecule has 43 heavy (non-hydrogen) atoms. The molecule has 0 radical (unpaired) electrons. The molecule has 3 heteroatoms. The highest BCUT2D eigenvalue weighted by Crippen LogP contribution is 2.44. The van der Waals surface area contributed by atoms with Gasteiger partial charge in [0.15, 0.2) is 0 Å². The van der Waals surface area contributed by atoms with Crippen LogP contribution in [0.5, 0.6) is 0 Å². The molecule has 0 unspecified atom stereocenters. The Morgan fingerprint density at radius 2 is 1.14 bits per heavy atom. The van der Waals surface area contributed by atoms with Crippen LogP contribution in [-0.4, -0.2) is 0 Å². The van der Waals surface area contributed by atoms with Crippen LogP contribution in [-0.2, 0) is 0 Å². The van der Waals surface area contributed by atoms with Crippen molar-refractivity contribution in [1.29, 1.82) is 0 Å². The molecule has 0 amide bonds. The molecule has 2 aromatic heterocycles. The fourth-order valence-corrected chi connectivity index (χ4v) is 7.48. The van der Waals surface area contributed by atoms with Gasteiger partial charge < -0.3 is 9.32 Å². The van der Waals surface area contributed by atoms with Gasteiger partial charge in [-0.05, 0) is 77.2 Å². The summed E-state index contributed by atoms with van der Waals surface area (Å²) in [6.07, 6.45) is 0. The predicted molar refractivity (Wildman–Crippen MR) is 184 cm³/mol. The molecule has 0 bridgehead atoms. The number of nitrogens with zero attached hydrogens (tertiary/aromatic N) is 1. The zero-order valence-electron chi connectivity index (χ0n) is 23.2. The van der Waals surface area contributed by atoms with Crippen molar-refractivity contribution < 1.29 is 4.42 Å². The third-order valence-corrected chi connectivity index (χ3v) is 9.60. The summed E-state index contributed by atoms with van der Waals surface area (Å²) in [6.45, 7) is 0. The fourth-order valence-electron chi connectivity index (χ4n) is 6.39. The van der Waals surface area contributed by atoms with Crippen LogP contribution in [0.25, 0.3) is 64.0 Å². The van der Waals surface area contributed by atoms with Crippen LogP contribution < -0.4 is 4.90 Å². The third-order valence-electron chi connectivity index (χ3n) is 8.45. The van der Waals surface area contributed by atoms with E-state index in [1.165, 1.54) is 36.7 Å². The Morgan fingerprint density at radius 3 is 2.02 bits per heavy atom. The van der Waals surface area contributed by atoms with Crippen molar-refractivity contribution in [2.75, 3.05) is 4.90 Å². The topological polar surface area (TPSA) is 16.4 Å². The molecular weight excluding hydrogens is 543 g/mol. The van der Waals surface area contributed by atoms with E-state index in [0.29, 0.717) is 0 Å². The number of anilines is 3. The summed E-state index contributed by atoms with van der Waals surface area (Å²) in [5.74, 6) is 0. The van der Waals surface area contributed by atoms with Crippen molar-refractivity contribution in [1.82, 2.24) is 0 Å². The number of rotatable bonds is 4. The molecule has 0 spiro atoms. The van der Waals surface area contributed by atoms with Gasteiger partial charge in [0.05, 0.1) is 5.69 Å². The minimum Gasteiger partial charge on any atom is -0.456 e. The molecule has 2 nitrogen and oxygen atoms in total. The van der Waals surface area contributed by atoms with Crippen LogP contribution in [0.4, 0.5) is 17.1 Å². The van der Waals surface area contributed by atoms with E-state index >= 15 is 0 Å². The first-order valence-electron chi connectivity index (χ1n) is 14.5. The minimum absolute atomic E-state index is 0.903. The largest absolute Gasteiger partial charge is 0.456 e. The summed E-state index contributed by atoms with van der Waals surface area (Å²) in [6, 6.07) is 54.4. The minimum atomic E-state index is 0.903. The SMILES string of the molecule is c1ccc(-c2ccc(N(c3ccc4sc5ccccc5c4c3)c3cccc4cc5c(cc34)oc3ccccc35)cc2)cc1. The number of hydrogen-bond donors (Lipinski definition) is 0. The van der Waals surface area contributed by atoms with Gasteiger partial charge in [0.2, 0.25) is 0 Å². The summed E-state index contributed by atoms with van der Waals surface area (Å²) in [5, 5.41) is 7.20. The zero-order valence-corrected chi connectivity index (χ0v) is 24.0. The molecule has 0 saturated carbocycles. The lowest BCUT2D eigenvalue weighted by Gasteiger charge is -2.27. The first-order chi connectivity index (χ1) is 21.3. The molecule has 0 N–H and O–H groups in total. The van der Waals surface area contributed by atoms with Gasteiger partial charge in [-0.1, -0.05) is 91.0 Å². The summed E-state index contributed by atoms with van der Waals surface area (Å²) in [4.78, 5) is 2.39. The quantitative estimate of drug-likeness (QED) is 0.210. The van der Waals surface area contributed by atoms with Crippen LogP contribution >= 0.6 is 11.3 Å². The average molecular weight is 568 g/mol. The lowest BCUT2D eigenvalue weighted by atomic mass is 10.0. The van der Waals surface area contributed by atoms with Crippen LogP contribution in [0.1, 0.15) is 0 Å². The maximum Gasteiger partial charge on any atom is 0.136 e. The van der Waals surface area contributed by atoms with Gasteiger partial charge in [0.25, 0.3) is 0 Å². The van der Waals surface area contributed by atoms with Crippen molar-refractivity contribution >= 4 is 81.3 Å². The van der Waals surface area contributed by atoms with E-state index in [-0.39, 0.29) is 0 Å². The van der Waals surface area contributed by atoms with Crippen molar-refractivity contribution in [3.63, 3.8) is 0 Å². The molecule has 9 aromatic rings. The van der Waals surface area contributed by atoms with Crippen molar-refractivity contribution in [2.45, 2.75) is 0 Å². The van der Waals surface area contributed by atoms with Crippen molar-refractivity contribution in [2.24, 2.45) is 0 Å². The molecule has 7 aromatic carbocycles. The Kier molecular flexibility index (Phi) is 5.40. The fraction of sp³-hybridized carbons (Fsp3) is 0. The summed E-state index contributed by atoms with van der Waals surface area (Å²) in [5.41, 5.74) is 7.58. The Balaban J connectivity index is 1.29. The van der Waals surface area contributed by atoms with Gasteiger partial charge in [-0.3, -0.25) is 0 Å². The normalized spacial score (nSPS) is 11.7. The van der Waals surface area contributed by atoms with E-state index in [0.717, 1.165) is 44.4 Å².